The van der Waals surface area contributed by atoms with Crippen molar-refractivity contribution in [2.45, 2.75) is 26.7 Å². The first-order chi connectivity index (χ1) is 14.4. The van der Waals surface area contributed by atoms with Gasteiger partial charge in [-0.3, -0.25) is 4.79 Å². The van der Waals surface area contributed by atoms with Crippen LogP contribution in [0.1, 0.15) is 31.4 Å². The molecule has 2 heterocycles. The number of carbonyl (C=O) groups is 2. The molecule has 4 rings (SSSR count). The van der Waals surface area contributed by atoms with Gasteiger partial charge < -0.3 is 10.0 Å². The lowest BCUT2D eigenvalue weighted by molar-refractivity contribution is -0.129. The summed E-state index contributed by atoms with van der Waals surface area (Å²) in [5.74, 6) is -1.07. The van der Waals surface area contributed by atoms with Crippen molar-refractivity contribution in [3.05, 3.63) is 65.2 Å². The summed E-state index contributed by atoms with van der Waals surface area (Å²) in [6.45, 7) is 6.48. The van der Waals surface area contributed by atoms with Gasteiger partial charge in [0.05, 0.1) is 11.3 Å². The Morgan fingerprint density at radius 1 is 1.20 bits per heavy atom. The van der Waals surface area contributed by atoms with Gasteiger partial charge in [0.15, 0.2) is 5.71 Å². The summed E-state index contributed by atoms with van der Waals surface area (Å²) in [5, 5.41) is 14.8. The number of carbonyl (C=O) groups excluding carboxylic acids is 1. The quantitative estimate of drug-likeness (QED) is 0.767. The molecular weight excluding hydrogens is 378 g/mol. The Kier molecular flexibility index (Phi) is 5.40. The fourth-order valence-corrected chi connectivity index (χ4v) is 4.03. The van der Waals surface area contributed by atoms with Crippen LogP contribution in [0.4, 0.5) is 11.4 Å². The van der Waals surface area contributed by atoms with Gasteiger partial charge in [-0.2, -0.15) is 10.1 Å². The second-order valence-corrected chi connectivity index (χ2v) is 8.10. The van der Waals surface area contributed by atoms with Crippen molar-refractivity contribution < 1.29 is 14.7 Å². The van der Waals surface area contributed by atoms with E-state index in [9.17, 15) is 14.7 Å². The van der Waals surface area contributed by atoms with Crippen molar-refractivity contribution in [1.82, 2.24) is 0 Å². The SMILES string of the molecule is CC(C)CN1CCCc2cc(C=C3C(=O)N(c4ccccc4)N=C3C(=O)O)ccc21. The molecule has 2 aromatic carbocycles. The number of carboxylic acid groups (broad SMARTS) is 1. The number of amides is 1. The Hall–Kier alpha value is -3.41. The number of hydrogen-bond donors (Lipinski definition) is 1. The monoisotopic (exact) mass is 403 g/mol. The predicted molar refractivity (Wildman–Crippen MR) is 119 cm³/mol. The molecule has 0 atom stereocenters. The maximum atomic E-state index is 13.0. The van der Waals surface area contributed by atoms with Crippen LogP contribution in [0.5, 0.6) is 0 Å². The highest BCUT2D eigenvalue weighted by atomic mass is 16.4. The van der Waals surface area contributed by atoms with Gasteiger partial charge in [-0.25, -0.2) is 4.79 Å². The highest BCUT2D eigenvalue weighted by Crippen LogP contribution is 2.30. The highest BCUT2D eigenvalue weighted by molar-refractivity contribution is 6.53. The number of hydrogen-bond acceptors (Lipinski definition) is 4. The molecule has 6 heteroatoms. The minimum Gasteiger partial charge on any atom is -0.476 e. The highest BCUT2D eigenvalue weighted by Gasteiger charge is 2.35. The van der Waals surface area contributed by atoms with E-state index in [0.29, 0.717) is 11.6 Å². The van der Waals surface area contributed by atoms with Gasteiger partial charge in [-0.1, -0.05) is 38.1 Å². The van der Waals surface area contributed by atoms with E-state index in [2.05, 4.69) is 36.0 Å². The summed E-state index contributed by atoms with van der Waals surface area (Å²) in [6.07, 6.45) is 3.70. The molecule has 154 valence electrons. The van der Waals surface area contributed by atoms with Gasteiger partial charge in [0.1, 0.15) is 0 Å². The average molecular weight is 403 g/mol. The van der Waals surface area contributed by atoms with Crippen molar-refractivity contribution in [3.63, 3.8) is 0 Å². The van der Waals surface area contributed by atoms with Crippen LogP contribution in [-0.4, -0.2) is 35.8 Å². The molecule has 30 heavy (non-hydrogen) atoms. The van der Waals surface area contributed by atoms with Crippen LogP contribution >= 0.6 is 0 Å². The normalized spacial score (nSPS) is 17.5. The molecule has 1 amide bonds. The van der Waals surface area contributed by atoms with E-state index in [-0.39, 0.29) is 11.3 Å². The summed E-state index contributed by atoms with van der Waals surface area (Å²) in [7, 11) is 0. The molecule has 6 nitrogen and oxygen atoms in total. The Bertz CT molecular complexity index is 1040. The Labute approximate surface area is 176 Å². The maximum absolute atomic E-state index is 13.0. The molecule has 0 aromatic heterocycles. The molecule has 0 saturated carbocycles. The van der Waals surface area contributed by atoms with Gasteiger partial charge in [0.25, 0.3) is 5.91 Å². The van der Waals surface area contributed by atoms with E-state index in [1.807, 2.05) is 12.1 Å². The number of aryl methyl sites for hydroxylation is 1. The first-order valence-corrected chi connectivity index (χ1v) is 10.3. The van der Waals surface area contributed by atoms with Crippen LogP contribution in [0.25, 0.3) is 6.08 Å². The summed E-state index contributed by atoms with van der Waals surface area (Å²) in [4.78, 5) is 27.1. The number of nitrogens with zero attached hydrogens (tertiary/aromatic N) is 3. The number of aliphatic carboxylic acids is 1. The number of para-hydroxylation sites is 1. The third kappa shape index (κ3) is 3.85. The first-order valence-electron chi connectivity index (χ1n) is 10.3. The number of rotatable bonds is 5. The molecule has 0 bridgehead atoms. The predicted octanol–water partition coefficient (Wildman–Crippen LogP) is 3.97. The third-order valence-corrected chi connectivity index (χ3v) is 5.30. The molecule has 0 aliphatic carbocycles. The average Bonchev–Trinajstić information content (AvgIpc) is 3.05. The van der Waals surface area contributed by atoms with E-state index in [0.717, 1.165) is 36.5 Å². The summed E-state index contributed by atoms with van der Waals surface area (Å²) in [6, 6.07) is 14.9. The number of carboxylic acids is 1. The van der Waals surface area contributed by atoms with E-state index in [1.54, 1.807) is 30.3 Å². The number of benzene rings is 2. The minimum atomic E-state index is -1.21. The largest absolute Gasteiger partial charge is 0.476 e. The topological polar surface area (TPSA) is 73.2 Å². The Balaban J connectivity index is 1.68. The Morgan fingerprint density at radius 3 is 2.67 bits per heavy atom. The van der Waals surface area contributed by atoms with E-state index in [1.165, 1.54) is 11.3 Å². The molecule has 2 aromatic rings. The van der Waals surface area contributed by atoms with Crippen LogP contribution in [0.3, 0.4) is 0 Å². The lowest BCUT2D eigenvalue weighted by atomic mass is 9.97. The smallest absolute Gasteiger partial charge is 0.357 e. The minimum absolute atomic E-state index is 0.0983. The van der Waals surface area contributed by atoms with Gasteiger partial charge in [0, 0.05) is 18.8 Å². The van der Waals surface area contributed by atoms with Gasteiger partial charge in [-0.05, 0) is 60.2 Å². The summed E-state index contributed by atoms with van der Waals surface area (Å²) in [5.41, 5.74) is 3.68. The van der Waals surface area contributed by atoms with E-state index >= 15 is 0 Å². The van der Waals surface area contributed by atoms with Crippen molar-refractivity contribution in [2.75, 3.05) is 23.0 Å². The van der Waals surface area contributed by atoms with Crippen LogP contribution < -0.4 is 9.91 Å². The van der Waals surface area contributed by atoms with Crippen LogP contribution in [-0.2, 0) is 16.0 Å². The molecule has 0 spiro atoms. The van der Waals surface area contributed by atoms with E-state index < -0.39 is 11.9 Å². The number of hydrazone groups is 1. The molecule has 1 N–H and O–H groups in total. The van der Waals surface area contributed by atoms with E-state index in [4.69, 9.17) is 0 Å². The second kappa shape index (κ2) is 8.14. The van der Waals surface area contributed by atoms with Gasteiger partial charge in [0.2, 0.25) is 0 Å². The zero-order valence-electron chi connectivity index (χ0n) is 17.2. The van der Waals surface area contributed by atoms with Crippen LogP contribution in [0, 0.1) is 5.92 Å². The zero-order valence-corrected chi connectivity index (χ0v) is 17.2. The molecule has 0 radical (unpaired) electrons. The second-order valence-electron chi connectivity index (χ2n) is 8.10. The molecular formula is C24H25N3O3. The third-order valence-electron chi connectivity index (χ3n) is 5.30. The number of fused-ring (bicyclic) bond motifs is 1. The van der Waals surface area contributed by atoms with Crippen molar-refractivity contribution in [2.24, 2.45) is 11.0 Å². The Morgan fingerprint density at radius 2 is 1.97 bits per heavy atom. The van der Waals surface area contributed by atoms with Gasteiger partial charge in [-0.15, -0.1) is 0 Å². The zero-order chi connectivity index (χ0) is 21.3. The van der Waals surface area contributed by atoms with Crippen molar-refractivity contribution >= 4 is 35.0 Å². The molecule has 2 aliphatic heterocycles. The van der Waals surface area contributed by atoms with Crippen LogP contribution in [0.15, 0.2) is 59.2 Å². The number of anilines is 2. The summed E-state index contributed by atoms with van der Waals surface area (Å²) < 4.78 is 0. The molecule has 0 saturated heterocycles. The lowest BCUT2D eigenvalue weighted by Crippen LogP contribution is -2.32. The summed E-state index contributed by atoms with van der Waals surface area (Å²) >= 11 is 0. The molecule has 0 fully saturated rings. The van der Waals surface area contributed by atoms with Crippen molar-refractivity contribution in [1.29, 1.82) is 0 Å². The first kappa shape index (κ1) is 19.9. The van der Waals surface area contributed by atoms with Gasteiger partial charge >= 0.3 is 5.97 Å². The van der Waals surface area contributed by atoms with Crippen LogP contribution in [0.2, 0.25) is 0 Å². The fraction of sp³-hybridized carbons (Fsp3) is 0.292. The molecule has 2 aliphatic rings. The lowest BCUT2D eigenvalue weighted by Gasteiger charge is -2.33. The standard InChI is InChI=1S/C24H25N3O3/c1-16(2)15-26-12-6-7-18-13-17(10-11-21(18)26)14-20-22(24(29)30)25-27(23(20)28)19-8-4-3-5-9-19/h3-5,8-11,13-14,16H,6-7,12,15H2,1-2H3,(H,29,30). The maximum Gasteiger partial charge on any atom is 0.357 e. The fourth-order valence-electron chi connectivity index (χ4n) is 4.03. The van der Waals surface area contributed by atoms with Crippen molar-refractivity contribution in [3.8, 4) is 0 Å². The molecule has 0 unspecified atom stereocenters.